The lowest BCUT2D eigenvalue weighted by atomic mass is 9.98. The number of hydrogen-bond acceptors (Lipinski definition) is 5. The van der Waals surface area contributed by atoms with Crippen LogP contribution in [0.2, 0.25) is 0 Å². The minimum absolute atomic E-state index is 0.540. The Kier molecular flexibility index (Phi) is 7.84. The maximum Gasteiger partial charge on any atom is 0.163 e. The lowest BCUT2D eigenvalue weighted by molar-refractivity contribution is 0.353. The largest absolute Gasteiger partial charge is 0.493 e. The standard InChI is InChI=1S/C28H34N2O2S/c1-20-16-23(18-27(31-2)28(20)32-3)22-7-5-6-21(17-22)19-30(25-12-14-29-15-13-25)24-8-10-26(33-4)11-9-24/h5-11,16-18,25,29H,12-15,19H2,1-4H3. The van der Waals surface area contributed by atoms with Gasteiger partial charge in [0.1, 0.15) is 0 Å². The SMILES string of the molecule is COc1cc(-c2cccc(CN(c3ccc(SC)cc3)C3CCNCC3)c2)cc(C)c1OC. The highest BCUT2D eigenvalue weighted by atomic mass is 32.2. The van der Waals surface area contributed by atoms with Crippen molar-refractivity contribution in [2.24, 2.45) is 0 Å². The van der Waals surface area contributed by atoms with Crippen LogP contribution in [0.5, 0.6) is 11.5 Å². The molecule has 33 heavy (non-hydrogen) atoms. The summed E-state index contributed by atoms with van der Waals surface area (Å²) in [5.41, 5.74) is 6.02. The molecule has 0 amide bonds. The third-order valence-corrected chi connectivity index (χ3v) is 7.17. The molecule has 0 saturated carbocycles. The molecule has 0 aliphatic carbocycles. The molecule has 0 aromatic heterocycles. The molecule has 0 bridgehead atoms. The third kappa shape index (κ3) is 5.48. The Morgan fingerprint density at radius 3 is 2.36 bits per heavy atom. The molecule has 1 aliphatic rings. The Balaban J connectivity index is 1.65. The van der Waals surface area contributed by atoms with Crippen molar-refractivity contribution >= 4 is 17.4 Å². The fraction of sp³-hybridized carbons (Fsp3) is 0.357. The number of piperidine rings is 1. The van der Waals surface area contributed by atoms with Gasteiger partial charge in [-0.05, 0) is 104 Å². The second kappa shape index (κ2) is 11.0. The van der Waals surface area contributed by atoms with Crippen molar-refractivity contribution in [2.75, 3.05) is 38.5 Å². The molecule has 4 rings (SSSR count). The third-order valence-electron chi connectivity index (χ3n) is 6.43. The van der Waals surface area contributed by atoms with E-state index in [1.165, 1.54) is 34.6 Å². The number of ether oxygens (including phenoxy) is 2. The molecule has 3 aromatic carbocycles. The first-order valence-corrected chi connectivity index (χ1v) is 12.8. The van der Waals surface area contributed by atoms with Crippen molar-refractivity contribution in [1.29, 1.82) is 0 Å². The molecule has 1 saturated heterocycles. The number of anilines is 1. The van der Waals surface area contributed by atoms with Gasteiger partial charge in [-0.1, -0.05) is 18.2 Å². The number of rotatable bonds is 8. The average molecular weight is 463 g/mol. The Bertz CT molecular complexity index is 1060. The lowest BCUT2D eigenvalue weighted by Crippen LogP contribution is -2.43. The predicted molar refractivity (Wildman–Crippen MR) is 140 cm³/mol. The smallest absolute Gasteiger partial charge is 0.163 e. The van der Waals surface area contributed by atoms with Crippen LogP contribution in [0.3, 0.4) is 0 Å². The van der Waals surface area contributed by atoms with Crippen LogP contribution in [0, 0.1) is 6.92 Å². The maximum absolute atomic E-state index is 5.59. The molecule has 1 N–H and O–H groups in total. The molecule has 4 nitrogen and oxygen atoms in total. The number of nitrogens with zero attached hydrogens (tertiary/aromatic N) is 1. The van der Waals surface area contributed by atoms with Crippen molar-refractivity contribution in [3.8, 4) is 22.6 Å². The number of benzene rings is 3. The van der Waals surface area contributed by atoms with Gasteiger partial charge in [0, 0.05) is 23.2 Å². The molecule has 1 heterocycles. The van der Waals surface area contributed by atoms with Crippen LogP contribution in [0.4, 0.5) is 5.69 Å². The monoisotopic (exact) mass is 462 g/mol. The minimum Gasteiger partial charge on any atom is -0.493 e. The van der Waals surface area contributed by atoms with E-state index in [9.17, 15) is 0 Å². The Labute approximate surface area is 202 Å². The molecular weight excluding hydrogens is 428 g/mol. The maximum atomic E-state index is 5.59. The van der Waals surface area contributed by atoms with E-state index < -0.39 is 0 Å². The highest BCUT2D eigenvalue weighted by Crippen LogP contribution is 2.36. The van der Waals surface area contributed by atoms with Crippen molar-refractivity contribution in [3.63, 3.8) is 0 Å². The molecule has 3 aromatic rings. The van der Waals surface area contributed by atoms with E-state index >= 15 is 0 Å². The summed E-state index contributed by atoms with van der Waals surface area (Å²) in [6.07, 6.45) is 4.46. The first-order valence-electron chi connectivity index (χ1n) is 11.6. The van der Waals surface area contributed by atoms with Gasteiger partial charge in [0.2, 0.25) is 0 Å². The fourth-order valence-electron chi connectivity index (χ4n) is 4.69. The molecule has 1 aliphatic heterocycles. The summed E-state index contributed by atoms with van der Waals surface area (Å²) in [6.45, 7) is 5.11. The van der Waals surface area contributed by atoms with E-state index in [-0.39, 0.29) is 0 Å². The van der Waals surface area contributed by atoms with Crippen LogP contribution in [-0.4, -0.2) is 39.6 Å². The summed E-state index contributed by atoms with van der Waals surface area (Å²) in [5, 5.41) is 3.51. The number of methoxy groups -OCH3 is 2. The number of nitrogens with one attached hydrogen (secondary N) is 1. The summed E-state index contributed by atoms with van der Waals surface area (Å²) in [4.78, 5) is 3.89. The van der Waals surface area contributed by atoms with Gasteiger partial charge in [-0.25, -0.2) is 0 Å². The van der Waals surface area contributed by atoms with Gasteiger partial charge in [-0.15, -0.1) is 11.8 Å². The van der Waals surface area contributed by atoms with Gasteiger partial charge < -0.3 is 19.7 Å². The fourth-order valence-corrected chi connectivity index (χ4v) is 5.10. The minimum atomic E-state index is 0.540. The summed E-state index contributed by atoms with van der Waals surface area (Å²) in [6, 6.07) is 22.7. The van der Waals surface area contributed by atoms with E-state index in [1.807, 2.05) is 0 Å². The van der Waals surface area contributed by atoms with Crippen LogP contribution in [0.25, 0.3) is 11.1 Å². The Hall–Kier alpha value is -2.63. The van der Waals surface area contributed by atoms with Gasteiger partial charge in [0.15, 0.2) is 11.5 Å². The second-order valence-corrected chi connectivity index (χ2v) is 9.42. The Morgan fingerprint density at radius 2 is 1.70 bits per heavy atom. The van der Waals surface area contributed by atoms with Gasteiger partial charge in [-0.2, -0.15) is 0 Å². The molecule has 0 radical (unpaired) electrons. The van der Waals surface area contributed by atoms with E-state index in [0.29, 0.717) is 6.04 Å². The number of hydrogen-bond donors (Lipinski definition) is 1. The van der Waals surface area contributed by atoms with Crippen LogP contribution in [0.1, 0.15) is 24.0 Å². The second-order valence-electron chi connectivity index (χ2n) is 8.54. The van der Waals surface area contributed by atoms with Crippen molar-refractivity contribution in [2.45, 2.75) is 37.2 Å². The van der Waals surface area contributed by atoms with E-state index in [2.05, 4.69) is 84.1 Å². The van der Waals surface area contributed by atoms with E-state index in [1.54, 1.807) is 26.0 Å². The van der Waals surface area contributed by atoms with Gasteiger partial charge >= 0.3 is 0 Å². The van der Waals surface area contributed by atoms with Crippen LogP contribution >= 0.6 is 11.8 Å². The highest BCUT2D eigenvalue weighted by Gasteiger charge is 2.22. The van der Waals surface area contributed by atoms with Gasteiger partial charge in [0.25, 0.3) is 0 Å². The quantitative estimate of drug-likeness (QED) is 0.406. The average Bonchev–Trinajstić information content (AvgIpc) is 2.87. The Morgan fingerprint density at radius 1 is 0.939 bits per heavy atom. The van der Waals surface area contributed by atoms with Crippen LogP contribution in [-0.2, 0) is 6.54 Å². The topological polar surface area (TPSA) is 33.7 Å². The van der Waals surface area contributed by atoms with E-state index in [0.717, 1.165) is 42.3 Å². The zero-order chi connectivity index (χ0) is 23.2. The molecule has 0 atom stereocenters. The number of aryl methyl sites for hydroxylation is 1. The van der Waals surface area contributed by atoms with Crippen LogP contribution < -0.4 is 19.7 Å². The first kappa shape index (κ1) is 23.5. The normalized spacial score (nSPS) is 14.2. The summed E-state index contributed by atoms with van der Waals surface area (Å²) < 4.78 is 11.1. The zero-order valence-electron chi connectivity index (χ0n) is 20.1. The summed E-state index contributed by atoms with van der Waals surface area (Å²) >= 11 is 1.79. The molecule has 1 fully saturated rings. The highest BCUT2D eigenvalue weighted by molar-refractivity contribution is 7.98. The van der Waals surface area contributed by atoms with Gasteiger partial charge in [0.05, 0.1) is 14.2 Å². The van der Waals surface area contributed by atoms with Crippen molar-refractivity contribution in [1.82, 2.24) is 5.32 Å². The van der Waals surface area contributed by atoms with E-state index in [4.69, 9.17) is 9.47 Å². The predicted octanol–water partition coefficient (Wildman–Crippen LogP) is 6.16. The van der Waals surface area contributed by atoms with Crippen LogP contribution in [0.15, 0.2) is 65.6 Å². The van der Waals surface area contributed by atoms with Crippen molar-refractivity contribution in [3.05, 3.63) is 71.8 Å². The molecule has 0 spiro atoms. The van der Waals surface area contributed by atoms with Crippen molar-refractivity contribution < 1.29 is 9.47 Å². The molecule has 5 heteroatoms. The zero-order valence-corrected chi connectivity index (χ0v) is 20.9. The summed E-state index contributed by atoms with van der Waals surface area (Å²) in [5.74, 6) is 1.56. The van der Waals surface area contributed by atoms with Gasteiger partial charge in [-0.3, -0.25) is 0 Å². The molecule has 0 unspecified atom stereocenters. The molecular formula is C28H34N2O2S. The number of thioether (sulfide) groups is 1. The first-order chi connectivity index (χ1) is 16.1. The molecule has 174 valence electrons. The summed E-state index contributed by atoms with van der Waals surface area (Å²) in [7, 11) is 3.38. The lowest BCUT2D eigenvalue weighted by Gasteiger charge is -2.36.